The van der Waals surface area contributed by atoms with Crippen LogP contribution < -0.4 is 0 Å². The second-order valence-corrected chi connectivity index (χ2v) is 9.79. The van der Waals surface area contributed by atoms with E-state index >= 15 is 0 Å². The van der Waals surface area contributed by atoms with Crippen molar-refractivity contribution in [3.05, 3.63) is 53.8 Å². The summed E-state index contributed by atoms with van der Waals surface area (Å²) in [5.74, 6) is 1.36. The summed E-state index contributed by atoms with van der Waals surface area (Å²) in [6, 6.07) is 8.42. The molecule has 1 saturated carbocycles. The molecule has 1 aliphatic carbocycles. The average molecular weight is 442 g/mol. The Morgan fingerprint density at radius 2 is 1.90 bits per heavy atom. The van der Waals surface area contributed by atoms with Crippen molar-refractivity contribution in [2.45, 2.75) is 30.6 Å². The Balaban J connectivity index is 1.35. The van der Waals surface area contributed by atoms with Crippen LogP contribution in [0.1, 0.15) is 40.8 Å². The molecule has 0 atom stereocenters. The molecule has 10 heteroatoms. The lowest BCUT2D eigenvalue weighted by molar-refractivity contribution is 0.0666. The molecule has 3 heterocycles. The number of nitrogens with zero attached hydrogens (tertiary/aromatic N) is 4. The summed E-state index contributed by atoms with van der Waals surface area (Å²) in [6.45, 7) is 2.79. The molecule has 0 radical (unpaired) electrons. The monoisotopic (exact) mass is 442 g/mol. The Morgan fingerprint density at radius 1 is 1.13 bits per heavy atom. The molecule has 2 aliphatic rings. The van der Waals surface area contributed by atoms with Crippen LogP contribution in [-0.2, 0) is 10.0 Å². The van der Waals surface area contributed by atoms with Gasteiger partial charge in [0.2, 0.25) is 21.7 Å². The maximum Gasteiger partial charge on any atom is 0.289 e. The maximum atomic E-state index is 13.4. The Labute approximate surface area is 179 Å². The molecule has 9 nitrogen and oxygen atoms in total. The first-order valence-corrected chi connectivity index (χ1v) is 11.6. The van der Waals surface area contributed by atoms with E-state index < -0.39 is 10.0 Å². The Morgan fingerprint density at radius 3 is 2.58 bits per heavy atom. The Bertz CT molecular complexity index is 1210. The molecule has 0 spiro atoms. The molecule has 3 aromatic rings. The number of hydrogen-bond donors (Lipinski definition) is 0. The lowest BCUT2D eigenvalue weighted by atomic mass is 10.1. The van der Waals surface area contributed by atoms with Crippen LogP contribution in [0.15, 0.2) is 50.4 Å². The highest BCUT2D eigenvalue weighted by molar-refractivity contribution is 7.89. The molecule has 1 aromatic carbocycles. The average Bonchev–Trinajstić information content (AvgIpc) is 3.27. The minimum atomic E-state index is -3.74. The number of hydrogen-bond acceptors (Lipinski definition) is 7. The number of carbonyl (C=O) groups is 1. The molecule has 1 amide bonds. The van der Waals surface area contributed by atoms with E-state index in [4.69, 9.17) is 8.94 Å². The van der Waals surface area contributed by atoms with Crippen molar-refractivity contribution in [1.29, 1.82) is 0 Å². The topological polar surface area (TPSA) is 110 Å². The van der Waals surface area contributed by atoms with E-state index in [-0.39, 0.29) is 29.7 Å². The van der Waals surface area contributed by atoms with E-state index in [1.807, 2.05) is 0 Å². The van der Waals surface area contributed by atoms with Crippen LogP contribution in [0, 0.1) is 6.92 Å². The number of aromatic nitrogens is 2. The van der Waals surface area contributed by atoms with E-state index in [0.717, 1.165) is 12.8 Å². The predicted molar refractivity (Wildman–Crippen MR) is 110 cm³/mol. The van der Waals surface area contributed by atoms with E-state index in [0.29, 0.717) is 41.8 Å². The molecule has 0 unspecified atom stereocenters. The third-order valence-corrected chi connectivity index (χ3v) is 7.73. The molecule has 2 fully saturated rings. The largest absolute Gasteiger partial charge is 0.459 e. The van der Waals surface area contributed by atoms with E-state index in [2.05, 4.69) is 10.1 Å². The van der Waals surface area contributed by atoms with Gasteiger partial charge < -0.3 is 13.8 Å². The lowest BCUT2D eigenvalue weighted by Gasteiger charge is -2.33. The van der Waals surface area contributed by atoms with Gasteiger partial charge >= 0.3 is 0 Å². The normalized spacial score (nSPS) is 17.8. The van der Waals surface area contributed by atoms with Gasteiger partial charge in [-0.1, -0.05) is 17.3 Å². The quantitative estimate of drug-likeness (QED) is 0.597. The fourth-order valence-electron chi connectivity index (χ4n) is 3.69. The zero-order valence-electron chi connectivity index (χ0n) is 17.0. The molecule has 5 rings (SSSR count). The second kappa shape index (κ2) is 7.61. The number of rotatable bonds is 5. The first-order chi connectivity index (χ1) is 14.9. The molecule has 0 N–H and O–H groups in total. The van der Waals surface area contributed by atoms with Crippen LogP contribution in [0.3, 0.4) is 0 Å². The SMILES string of the molecule is Cc1ccc(-c2noc(C3CC3)n2)cc1S(=O)(=O)N1CCN(C(=O)c2ccco2)CC1. The van der Waals surface area contributed by atoms with Crippen molar-refractivity contribution in [2.24, 2.45) is 0 Å². The van der Waals surface area contributed by atoms with Crippen molar-refractivity contribution in [2.75, 3.05) is 26.2 Å². The zero-order chi connectivity index (χ0) is 21.6. The number of aryl methyl sites for hydroxylation is 1. The summed E-state index contributed by atoms with van der Waals surface area (Å²) < 4.78 is 38.6. The minimum Gasteiger partial charge on any atom is -0.459 e. The van der Waals surface area contributed by atoms with Gasteiger partial charge in [0.05, 0.1) is 11.2 Å². The Hall–Kier alpha value is -2.98. The van der Waals surface area contributed by atoms with Crippen LogP contribution >= 0.6 is 0 Å². The Kier molecular flexibility index (Phi) is 4.90. The van der Waals surface area contributed by atoms with Gasteiger partial charge in [-0.3, -0.25) is 4.79 Å². The second-order valence-electron chi connectivity index (χ2n) is 7.88. The van der Waals surface area contributed by atoms with Gasteiger partial charge in [-0.25, -0.2) is 8.42 Å². The molecule has 0 bridgehead atoms. The van der Waals surface area contributed by atoms with Crippen LogP contribution in [0.25, 0.3) is 11.4 Å². The number of piperazine rings is 1. The number of furan rings is 1. The van der Waals surface area contributed by atoms with Gasteiger partial charge in [0.1, 0.15) is 0 Å². The number of carbonyl (C=O) groups excluding carboxylic acids is 1. The smallest absolute Gasteiger partial charge is 0.289 e. The van der Waals surface area contributed by atoms with Gasteiger partial charge in [-0.05, 0) is 43.5 Å². The number of benzene rings is 1. The van der Waals surface area contributed by atoms with Crippen molar-refractivity contribution in [1.82, 2.24) is 19.3 Å². The summed E-state index contributed by atoms with van der Waals surface area (Å²) in [7, 11) is -3.74. The first-order valence-electron chi connectivity index (χ1n) is 10.2. The first kappa shape index (κ1) is 20.0. The van der Waals surface area contributed by atoms with E-state index in [1.165, 1.54) is 10.6 Å². The van der Waals surface area contributed by atoms with Crippen molar-refractivity contribution in [3.8, 4) is 11.4 Å². The molecular formula is C21H22N4O5S. The van der Waals surface area contributed by atoms with Crippen LogP contribution in [0.2, 0.25) is 0 Å². The number of sulfonamides is 1. The molecule has 1 aliphatic heterocycles. The van der Waals surface area contributed by atoms with Crippen molar-refractivity contribution >= 4 is 15.9 Å². The number of amides is 1. The molecule has 1 saturated heterocycles. The summed E-state index contributed by atoms with van der Waals surface area (Å²) >= 11 is 0. The zero-order valence-corrected chi connectivity index (χ0v) is 17.8. The summed E-state index contributed by atoms with van der Waals surface area (Å²) in [4.78, 5) is 18.7. The van der Waals surface area contributed by atoms with Crippen LogP contribution in [0.5, 0.6) is 0 Å². The highest BCUT2D eigenvalue weighted by atomic mass is 32.2. The van der Waals surface area contributed by atoms with E-state index in [1.54, 1.807) is 42.2 Å². The van der Waals surface area contributed by atoms with Gasteiger partial charge in [0.15, 0.2) is 5.76 Å². The molecular weight excluding hydrogens is 420 g/mol. The summed E-state index contributed by atoms with van der Waals surface area (Å²) in [6.07, 6.45) is 3.54. The van der Waals surface area contributed by atoms with Gasteiger partial charge in [0.25, 0.3) is 5.91 Å². The fourth-order valence-corrected chi connectivity index (χ4v) is 5.37. The third-order valence-electron chi connectivity index (χ3n) is 5.69. The highest BCUT2D eigenvalue weighted by Gasteiger charge is 2.33. The van der Waals surface area contributed by atoms with Crippen molar-refractivity contribution in [3.63, 3.8) is 0 Å². The van der Waals surface area contributed by atoms with Gasteiger partial charge in [-0.15, -0.1) is 0 Å². The minimum absolute atomic E-state index is 0.215. The van der Waals surface area contributed by atoms with Crippen LogP contribution in [0.4, 0.5) is 0 Å². The summed E-state index contributed by atoms with van der Waals surface area (Å²) in [5, 5.41) is 4.02. The highest BCUT2D eigenvalue weighted by Crippen LogP contribution is 2.39. The summed E-state index contributed by atoms with van der Waals surface area (Å²) in [5.41, 5.74) is 1.25. The molecule has 162 valence electrons. The van der Waals surface area contributed by atoms with Gasteiger partial charge in [-0.2, -0.15) is 9.29 Å². The van der Waals surface area contributed by atoms with Crippen LogP contribution in [-0.4, -0.2) is 59.8 Å². The van der Waals surface area contributed by atoms with Gasteiger partial charge in [0, 0.05) is 37.7 Å². The van der Waals surface area contributed by atoms with Crippen molar-refractivity contribution < 1.29 is 22.2 Å². The molecule has 31 heavy (non-hydrogen) atoms. The fraction of sp³-hybridized carbons (Fsp3) is 0.381. The maximum absolute atomic E-state index is 13.4. The third kappa shape index (κ3) is 3.77. The lowest BCUT2D eigenvalue weighted by Crippen LogP contribution is -2.50. The molecule has 2 aromatic heterocycles. The van der Waals surface area contributed by atoms with E-state index in [9.17, 15) is 13.2 Å². The standard InChI is InChI=1S/C21H22N4O5S/c1-14-4-5-16(19-22-20(30-23-19)15-6-7-15)13-18(14)31(27,28)25-10-8-24(9-11-25)21(26)17-3-2-12-29-17/h2-5,12-13,15H,6-11H2,1H3. The predicted octanol–water partition coefficient (Wildman–Crippen LogP) is 2.66.